The van der Waals surface area contributed by atoms with Gasteiger partial charge in [0.1, 0.15) is 6.04 Å². The van der Waals surface area contributed by atoms with Gasteiger partial charge in [0.25, 0.3) is 0 Å². The van der Waals surface area contributed by atoms with Gasteiger partial charge in [0.2, 0.25) is 10.0 Å². The molecule has 0 bridgehead atoms. The first-order chi connectivity index (χ1) is 11.5. The minimum absolute atomic E-state index is 0.0131. The van der Waals surface area contributed by atoms with Gasteiger partial charge in [0.05, 0.1) is 24.6 Å². The van der Waals surface area contributed by atoms with E-state index in [9.17, 15) is 18.3 Å². The number of nitrogens with one attached hydrogen (secondary N) is 1. The van der Waals surface area contributed by atoms with E-state index in [-0.39, 0.29) is 13.1 Å². The molecule has 0 fully saturated rings. The predicted molar refractivity (Wildman–Crippen MR) is 98.6 cm³/mol. The number of hydrogen-bond acceptors (Lipinski definition) is 5. The van der Waals surface area contributed by atoms with Crippen molar-refractivity contribution in [3.63, 3.8) is 0 Å². The van der Waals surface area contributed by atoms with Gasteiger partial charge in [-0.25, -0.2) is 8.42 Å². The molecule has 142 valence electrons. The first kappa shape index (κ1) is 21.4. The highest BCUT2D eigenvalue weighted by Gasteiger charge is 2.25. The molecule has 0 heterocycles. The maximum Gasteiger partial charge on any atom is 0.320 e. The number of benzene rings is 1. The number of aliphatic carboxylic acids is 1. The number of hydrogen-bond donors (Lipinski definition) is 3. The Morgan fingerprint density at radius 3 is 2.16 bits per heavy atom. The van der Waals surface area contributed by atoms with Gasteiger partial charge in [-0.1, -0.05) is 24.6 Å². The molecule has 2 atom stereocenters. The zero-order chi connectivity index (χ0) is 19.4. The van der Waals surface area contributed by atoms with E-state index in [2.05, 4.69) is 5.32 Å². The molecule has 1 rings (SSSR count). The van der Waals surface area contributed by atoms with Crippen LogP contribution in [0.3, 0.4) is 0 Å². The summed E-state index contributed by atoms with van der Waals surface area (Å²) in [6.07, 6.45) is 0.426. The Morgan fingerprint density at radius 1 is 1.24 bits per heavy atom. The summed E-state index contributed by atoms with van der Waals surface area (Å²) in [4.78, 5) is 11.0. The molecule has 8 heteroatoms. The van der Waals surface area contributed by atoms with Gasteiger partial charge in [-0.3, -0.25) is 9.10 Å². The quantitative estimate of drug-likeness (QED) is 0.601. The van der Waals surface area contributed by atoms with Gasteiger partial charge >= 0.3 is 5.97 Å². The third-order valence-corrected chi connectivity index (χ3v) is 5.10. The van der Waals surface area contributed by atoms with Gasteiger partial charge in [-0.05, 0) is 38.3 Å². The first-order valence-electron chi connectivity index (χ1n) is 8.17. The second-order valence-electron chi connectivity index (χ2n) is 6.40. The molecular weight excluding hydrogens is 344 g/mol. The van der Waals surface area contributed by atoms with Crippen LogP contribution in [0.1, 0.15) is 30.0 Å². The Balaban J connectivity index is 3.01. The largest absolute Gasteiger partial charge is 0.480 e. The molecular formula is C17H28N2O5S. The lowest BCUT2D eigenvalue weighted by atomic mass is 10.0. The number of nitrogens with zero attached hydrogens (tertiary/aromatic N) is 1. The van der Waals surface area contributed by atoms with Crippen molar-refractivity contribution in [3.05, 3.63) is 28.8 Å². The molecule has 0 aromatic heterocycles. The van der Waals surface area contributed by atoms with Crippen LogP contribution < -0.4 is 9.62 Å². The van der Waals surface area contributed by atoms with Gasteiger partial charge < -0.3 is 15.5 Å². The topological polar surface area (TPSA) is 107 Å². The van der Waals surface area contributed by atoms with Crippen LogP contribution in [0.5, 0.6) is 0 Å². The van der Waals surface area contributed by atoms with Crippen LogP contribution in [0.15, 0.2) is 12.1 Å². The molecule has 0 radical (unpaired) electrons. The summed E-state index contributed by atoms with van der Waals surface area (Å²) in [6, 6.07) is 3.01. The fourth-order valence-electron chi connectivity index (χ4n) is 2.90. The second kappa shape index (κ2) is 8.64. The molecule has 0 amide bonds. The summed E-state index contributed by atoms with van der Waals surface area (Å²) >= 11 is 0. The van der Waals surface area contributed by atoms with Crippen molar-refractivity contribution in [1.82, 2.24) is 5.32 Å². The zero-order valence-electron chi connectivity index (χ0n) is 15.4. The number of anilines is 1. The molecule has 0 saturated carbocycles. The van der Waals surface area contributed by atoms with Crippen LogP contribution in [0.2, 0.25) is 0 Å². The van der Waals surface area contributed by atoms with Crippen LogP contribution in [-0.4, -0.2) is 56.1 Å². The van der Waals surface area contributed by atoms with Gasteiger partial charge in [0.15, 0.2) is 0 Å². The molecule has 0 aliphatic heterocycles. The summed E-state index contributed by atoms with van der Waals surface area (Å²) in [5.41, 5.74) is 3.19. The number of aliphatic hydroxyl groups is 1. The van der Waals surface area contributed by atoms with Crippen molar-refractivity contribution in [2.45, 2.75) is 46.3 Å². The average molecular weight is 372 g/mol. The second-order valence-corrected chi connectivity index (χ2v) is 8.31. The normalized spacial score (nSPS) is 14.2. The SMILES string of the molecule is CCC(NCC(O)CN(c1c(C)cc(C)cc1C)S(C)(=O)=O)C(=O)O. The van der Waals surface area contributed by atoms with Crippen molar-refractivity contribution >= 4 is 21.7 Å². The van der Waals surface area contributed by atoms with Crippen molar-refractivity contribution in [1.29, 1.82) is 0 Å². The van der Waals surface area contributed by atoms with E-state index in [1.54, 1.807) is 6.92 Å². The van der Waals surface area contributed by atoms with Crippen molar-refractivity contribution < 1.29 is 23.4 Å². The highest BCUT2D eigenvalue weighted by atomic mass is 32.2. The summed E-state index contributed by atoms with van der Waals surface area (Å²) < 4.78 is 25.7. The number of sulfonamides is 1. The van der Waals surface area contributed by atoms with Crippen LogP contribution >= 0.6 is 0 Å². The van der Waals surface area contributed by atoms with E-state index in [0.717, 1.165) is 22.9 Å². The third-order valence-electron chi connectivity index (χ3n) is 3.97. The Hall–Kier alpha value is -1.64. The Morgan fingerprint density at radius 2 is 1.76 bits per heavy atom. The maximum absolute atomic E-state index is 12.3. The van der Waals surface area contributed by atoms with Crippen molar-refractivity contribution in [2.24, 2.45) is 0 Å². The smallest absolute Gasteiger partial charge is 0.320 e. The fraction of sp³-hybridized carbons (Fsp3) is 0.588. The summed E-state index contributed by atoms with van der Waals surface area (Å²) in [7, 11) is -3.60. The molecule has 2 unspecified atom stereocenters. The molecule has 0 aliphatic carbocycles. The van der Waals surface area contributed by atoms with Gasteiger partial charge in [-0.2, -0.15) is 0 Å². The van der Waals surface area contributed by atoms with E-state index in [1.807, 2.05) is 32.9 Å². The number of rotatable bonds is 9. The molecule has 0 saturated heterocycles. The molecule has 1 aromatic carbocycles. The Bertz CT molecular complexity index is 695. The summed E-state index contributed by atoms with van der Waals surface area (Å²) in [6.45, 7) is 7.16. The van der Waals surface area contributed by atoms with Crippen LogP contribution in [0.4, 0.5) is 5.69 Å². The molecule has 1 aromatic rings. The molecule has 3 N–H and O–H groups in total. The third kappa shape index (κ3) is 5.98. The van der Waals surface area contributed by atoms with Gasteiger partial charge in [0, 0.05) is 6.54 Å². The predicted octanol–water partition coefficient (Wildman–Crippen LogP) is 1.19. The fourth-order valence-corrected chi connectivity index (χ4v) is 3.96. The minimum atomic E-state index is -3.60. The van der Waals surface area contributed by atoms with E-state index in [0.29, 0.717) is 12.1 Å². The Labute approximate surface area is 149 Å². The molecule has 0 aliphatic rings. The summed E-state index contributed by atoms with van der Waals surface area (Å²) in [5, 5.41) is 22.0. The number of carbonyl (C=O) groups is 1. The van der Waals surface area contributed by atoms with Crippen molar-refractivity contribution in [2.75, 3.05) is 23.7 Å². The van der Waals surface area contributed by atoms with E-state index in [1.165, 1.54) is 4.31 Å². The van der Waals surface area contributed by atoms with E-state index >= 15 is 0 Å². The maximum atomic E-state index is 12.3. The lowest BCUT2D eigenvalue weighted by Gasteiger charge is -2.29. The number of carboxylic acids is 1. The highest BCUT2D eigenvalue weighted by Crippen LogP contribution is 2.28. The number of carboxylic acid groups (broad SMARTS) is 1. The number of aryl methyl sites for hydroxylation is 3. The lowest BCUT2D eigenvalue weighted by Crippen LogP contribution is -2.45. The monoisotopic (exact) mass is 372 g/mol. The van der Waals surface area contributed by atoms with Gasteiger partial charge in [-0.15, -0.1) is 0 Å². The summed E-state index contributed by atoms with van der Waals surface area (Å²) in [5.74, 6) is -1.00. The molecule has 7 nitrogen and oxygen atoms in total. The molecule has 25 heavy (non-hydrogen) atoms. The number of aliphatic hydroxyl groups excluding tert-OH is 1. The van der Waals surface area contributed by atoms with E-state index < -0.39 is 28.1 Å². The zero-order valence-corrected chi connectivity index (χ0v) is 16.2. The van der Waals surface area contributed by atoms with Crippen molar-refractivity contribution in [3.8, 4) is 0 Å². The average Bonchev–Trinajstić information content (AvgIpc) is 2.44. The van der Waals surface area contributed by atoms with E-state index in [4.69, 9.17) is 5.11 Å². The lowest BCUT2D eigenvalue weighted by molar-refractivity contribution is -0.139. The van der Waals surface area contributed by atoms with Crippen LogP contribution in [-0.2, 0) is 14.8 Å². The highest BCUT2D eigenvalue weighted by molar-refractivity contribution is 7.92. The first-order valence-corrected chi connectivity index (χ1v) is 10.0. The van der Waals surface area contributed by atoms with Crippen LogP contribution in [0, 0.1) is 20.8 Å². The van der Waals surface area contributed by atoms with Crippen LogP contribution in [0.25, 0.3) is 0 Å². The molecule has 0 spiro atoms. The Kier molecular flexibility index (Phi) is 7.40. The standard InChI is InChI=1S/C17H28N2O5S/c1-6-15(17(21)22)18-9-14(20)10-19(25(5,23)24)16-12(3)7-11(2)8-13(16)4/h7-8,14-15,18,20H,6,9-10H2,1-5H3,(H,21,22). The minimum Gasteiger partial charge on any atom is -0.480 e.